The standard InChI is InChI=1S/C28H29NO7/c1-4-35-26(32)28(27(33)36-5-2)16-21(15-22(30)34-3)23(25(31)20-9-7-6-8-10-20)24(28)19-13-11-18(17-29)12-14-19/h6-14,21,23-24H,4-5,15-16H2,1-3H3/t21-,23+,24+/m0/s1. The molecule has 1 fully saturated rings. The predicted octanol–water partition coefficient (Wildman–Crippen LogP) is 3.84. The Kier molecular flexibility index (Phi) is 8.59. The molecule has 36 heavy (non-hydrogen) atoms. The number of rotatable bonds is 9. The lowest BCUT2D eigenvalue weighted by atomic mass is 9.69. The lowest BCUT2D eigenvalue weighted by Gasteiger charge is -2.33. The first-order chi connectivity index (χ1) is 17.3. The number of esters is 3. The molecule has 3 atom stereocenters. The monoisotopic (exact) mass is 491 g/mol. The van der Waals surface area contributed by atoms with Crippen LogP contribution in [0.15, 0.2) is 54.6 Å². The minimum atomic E-state index is -1.87. The second-order valence-corrected chi connectivity index (χ2v) is 8.62. The third-order valence-electron chi connectivity index (χ3n) is 6.68. The van der Waals surface area contributed by atoms with Crippen LogP contribution >= 0.6 is 0 Å². The van der Waals surface area contributed by atoms with E-state index in [1.54, 1.807) is 68.4 Å². The highest BCUT2D eigenvalue weighted by atomic mass is 16.6. The van der Waals surface area contributed by atoms with E-state index in [-0.39, 0.29) is 31.8 Å². The third-order valence-corrected chi connectivity index (χ3v) is 6.68. The van der Waals surface area contributed by atoms with Crippen LogP contribution in [-0.4, -0.2) is 44.0 Å². The highest BCUT2D eigenvalue weighted by Gasteiger charge is 2.66. The van der Waals surface area contributed by atoms with Crippen molar-refractivity contribution in [3.05, 3.63) is 71.3 Å². The lowest BCUT2D eigenvalue weighted by Crippen LogP contribution is -2.45. The molecule has 188 valence electrons. The van der Waals surface area contributed by atoms with Crippen LogP contribution in [0, 0.1) is 28.6 Å². The van der Waals surface area contributed by atoms with Crippen molar-refractivity contribution in [2.45, 2.75) is 32.6 Å². The molecule has 0 heterocycles. The number of carbonyl (C=O) groups excluding carboxylic acids is 4. The summed E-state index contributed by atoms with van der Waals surface area (Å²) in [6.07, 6.45) is -0.305. The zero-order chi connectivity index (χ0) is 26.3. The van der Waals surface area contributed by atoms with Gasteiger partial charge in [0.15, 0.2) is 11.2 Å². The van der Waals surface area contributed by atoms with Crippen molar-refractivity contribution in [2.75, 3.05) is 20.3 Å². The van der Waals surface area contributed by atoms with E-state index >= 15 is 0 Å². The van der Waals surface area contributed by atoms with Crippen LogP contribution in [0.1, 0.15) is 54.1 Å². The van der Waals surface area contributed by atoms with E-state index < -0.39 is 41.1 Å². The molecule has 0 radical (unpaired) electrons. The number of methoxy groups -OCH3 is 1. The molecule has 2 aromatic carbocycles. The first kappa shape index (κ1) is 26.6. The Morgan fingerprint density at radius 3 is 2.03 bits per heavy atom. The third kappa shape index (κ3) is 5.01. The van der Waals surface area contributed by atoms with Gasteiger partial charge in [0.25, 0.3) is 0 Å². The summed E-state index contributed by atoms with van der Waals surface area (Å²) >= 11 is 0. The molecule has 0 amide bonds. The van der Waals surface area contributed by atoms with Crippen molar-refractivity contribution in [1.29, 1.82) is 5.26 Å². The summed E-state index contributed by atoms with van der Waals surface area (Å²) in [5.74, 6) is -5.13. The molecule has 0 spiro atoms. The van der Waals surface area contributed by atoms with Gasteiger partial charge in [0.05, 0.1) is 32.0 Å². The van der Waals surface area contributed by atoms with Gasteiger partial charge in [0.2, 0.25) is 0 Å². The molecule has 1 saturated carbocycles. The summed E-state index contributed by atoms with van der Waals surface area (Å²) in [4.78, 5) is 53.6. The van der Waals surface area contributed by atoms with Crippen LogP contribution in [0.3, 0.4) is 0 Å². The van der Waals surface area contributed by atoms with E-state index in [1.165, 1.54) is 7.11 Å². The quantitative estimate of drug-likeness (QED) is 0.225. The highest BCUT2D eigenvalue weighted by Crippen LogP contribution is 2.59. The van der Waals surface area contributed by atoms with Gasteiger partial charge in [-0.1, -0.05) is 42.5 Å². The van der Waals surface area contributed by atoms with E-state index in [4.69, 9.17) is 14.2 Å². The zero-order valence-corrected chi connectivity index (χ0v) is 20.6. The molecule has 1 aliphatic carbocycles. The smallest absolute Gasteiger partial charge is 0.324 e. The first-order valence-corrected chi connectivity index (χ1v) is 11.8. The summed E-state index contributed by atoms with van der Waals surface area (Å²) in [6, 6.07) is 16.9. The Morgan fingerprint density at radius 2 is 1.53 bits per heavy atom. The molecule has 0 saturated heterocycles. The number of ketones is 1. The highest BCUT2D eigenvalue weighted by molar-refractivity contribution is 6.06. The van der Waals surface area contributed by atoms with Crippen molar-refractivity contribution in [2.24, 2.45) is 17.3 Å². The average Bonchev–Trinajstić information content (AvgIpc) is 3.24. The van der Waals surface area contributed by atoms with Crippen molar-refractivity contribution in [1.82, 2.24) is 0 Å². The van der Waals surface area contributed by atoms with Crippen LogP contribution < -0.4 is 0 Å². The van der Waals surface area contributed by atoms with Crippen LogP contribution in [0.25, 0.3) is 0 Å². The second-order valence-electron chi connectivity index (χ2n) is 8.62. The molecule has 1 aliphatic rings. The van der Waals surface area contributed by atoms with E-state index in [0.29, 0.717) is 16.7 Å². The van der Waals surface area contributed by atoms with Gasteiger partial charge in [-0.05, 0) is 43.9 Å². The van der Waals surface area contributed by atoms with Gasteiger partial charge < -0.3 is 14.2 Å². The normalized spacial score (nSPS) is 20.1. The fraction of sp³-hybridized carbons (Fsp3) is 0.393. The minimum Gasteiger partial charge on any atom is -0.469 e. The molecular weight excluding hydrogens is 462 g/mol. The second kappa shape index (κ2) is 11.6. The largest absolute Gasteiger partial charge is 0.469 e. The van der Waals surface area contributed by atoms with Crippen LogP contribution in [0.2, 0.25) is 0 Å². The summed E-state index contributed by atoms with van der Waals surface area (Å²) in [5, 5.41) is 9.27. The van der Waals surface area contributed by atoms with Gasteiger partial charge in [-0.15, -0.1) is 0 Å². The number of ether oxygens (including phenoxy) is 3. The van der Waals surface area contributed by atoms with Gasteiger partial charge >= 0.3 is 17.9 Å². The lowest BCUT2D eigenvalue weighted by molar-refractivity contribution is -0.173. The van der Waals surface area contributed by atoms with Crippen molar-refractivity contribution in [3.8, 4) is 6.07 Å². The molecule has 0 aromatic heterocycles. The summed E-state index contributed by atoms with van der Waals surface area (Å²) in [6.45, 7) is 3.28. The van der Waals surface area contributed by atoms with Crippen molar-refractivity contribution >= 4 is 23.7 Å². The van der Waals surface area contributed by atoms with Gasteiger partial charge in [-0.25, -0.2) is 0 Å². The molecular formula is C28H29NO7. The summed E-state index contributed by atoms with van der Waals surface area (Å²) in [7, 11) is 1.24. The summed E-state index contributed by atoms with van der Waals surface area (Å²) < 4.78 is 15.7. The van der Waals surface area contributed by atoms with E-state index in [1.807, 2.05) is 6.07 Å². The van der Waals surface area contributed by atoms with Crippen LogP contribution in [0.5, 0.6) is 0 Å². The SMILES string of the molecule is CCOC(=O)C1(C(=O)OCC)C[C@H](CC(=O)OC)[C@@H](C(=O)c2ccccc2)[C@H]1c1ccc(C#N)cc1. The Morgan fingerprint density at radius 1 is 0.944 bits per heavy atom. The van der Waals surface area contributed by atoms with E-state index in [9.17, 15) is 24.4 Å². The van der Waals surface area contributed by atoms with Crippen molar-refractivity contribution < 1.29 is 33.4 Å². The number of hydrogen-bond donors (Lipinski definition) is 0. The molecule has 3 rings (SSSR count). The zero-order valence-electron chi connectivity index (χ0n) is 20.6. The number of carbonyl (C=O) groups is 4. The Bertz CT molecular complexity index is 1130. The number of nitriles is 1. The average molecular weight is 492 g/mol. The molecule has 0 N–H and O–H groups in total. The topological polar surface area (TPSA) is 120 Å². The fourth-order valence-electron chi connectivity index (χ4n) is 5.18. The minimum absolute atomic E-state index is 0.0129. The maximum absolute atomic E-state index is 14.0. The van der Waals surface area contributed by atoms with E-state index in [2.05, 4.69) is 0 Å². The van der Waals surface area contributed by atoms with Gasteiger partial charge in [0, 0.05) is 23.8 Å². The number of nitrogens with zero attached hydrogens (tertiary/aromatic N) is 1. The molecule has 8 nitrogen and oxygen atoms in total. The van der Waals surface area contributed by atoms with Crippen LogP contribution in [-0.2, 0) is 28.6 Å². The van der Waals surface area contributed by atoms with Crippen LogP contribution in [0.4, 0.5) is 0 Å². The number of benzene rings is 2. The molecule has 2 aromatic rings. The maximum atomic E-state index is 14.0. The molecule has 8 heteroatoms. The fourth-order valence-corrected chi connectivity index (χ4v) is 5.18. The Balaban J connectivity index is 2.30. The maximum Gasteiger partial charge on any atom is 0.324 e. The number of Topliss-reactive ketones (excluding diaryl/α,β-unsaturated/α-hetero) is 1. The molecule has 0 bridgehead atoms. The predicted molar refractivity (Wildman–Crippen MR) is 129 cm³/mol. The van der Waals surface area contributed by atoms with Gasteiger partial charge in [-0.2, -0.15) is 5.26 Å². The van der Waals surface area contributed by atoms with Gasteiger partial charge in [0.1, 0.15) is 0 Å². The van der Waals surface area contributed by atoms with E-state index in [0.717, 1.165) is 0 Å². The van der Waals surface area contributed by atoms with Crippen molar-refractivity contribution in [3.63, 3.8) is 0 Å². The molecule has 0 unspecified atom stereocenters. The number of hydrogen-bond acceptors (Lipinski definition) is 8. The Hall–Kier alpha value is -3.99. The summed E-state index contributed by atoms with van der Waals surface area (Å²) in [5.41, 5.74) is -0.600. The Labute approximate surface area is 210 Å². The molecule has 0 aliphatic heterocycles. The first-order valence-electron chi connectivity index (χ1n) is 11.8. The van der Waals surface area contributed by atoms with Gasteiger partial charge in [-0.3, -0.25) is 19.2 Å².